The number of likely N-dealkylation sites (tertiary alicyclic amines) is 2. The molecule has 2 saturated heterocycles. The highest BCUT2D eigenvalue weighted by molar-refractivity contribution is 6.36. The number of amides is 3. The molecule has 1 aromatic heterocycles. The summed E-state index contributed by atoms with van der Waals surface area (Å²) in [5, 5.41) is 16.8. The molecule has 14 heteroatoms. The number of alkyl carbamates (subject to hydrolysis) is 1. The fourth-order valence-electron chi connectivity index (χ4n) is 9.30. The van der Waals surface area contributed by atoms with Gasteiger partial charge in [0.05, 0.1) is 17.8 Å². The first-order chi connectivity index (χ1) is 27.6. The number of pyridine rings is 1. The number of nitrogens with zero attached hydrogens (tertiary/aromatic N) is 3. The first-order valence-corrected chi connectivity index (χ1v) is 21.6. The molecule has 7 rings (SSSR count). The maximum absolute atomic E-state index is 14.7. The molecular formula is C44H60ClN5O8. The number of carboxylic acid groups (broad SMARTS) is 1. The monoisotopic (exact) mass is 821 g/mol. The average Bonchev–Trinajstić information content (AvgIpc) is 3.98. The number of aromatic nitrogens is 1. The molecule has 3 aliphatic carbocycles. The molecule has 58 heavy (non-hydrogen) atoms. The summed E-state index contributed by atoms with van der Waals surface area (Å²) in [7, 11) is 0. The van der Waals surface area contributed by atoms with Gasteiger partial charge in [0, 0.05) is 24.4 Å². The van der Waals surface area contributed by atoms with Crippen LogP contribution >= 0.6 is 11.6 Å². The largest absolute Gasteiger partial charge is 0.491 e. The Morgan fingerprint density at radius 2 is 1.76 bits per heavy atom. The Balaban J connectivity index is 1.15. The normalized spacial score (nSPS) is 28.3. The minimum atomic E-state index is -1.39. The lowest BCUT2D eigenvalue weighted by molar-refractivity contribution is -0.146. The third-order valence-electron chi connectivity index (χ3n) is 12.7. The maximum atomic E-state index is 14.7. The van der Waals surface area contributed by atoms with Gasteiger partial charge in [-0.3, -0.25) is 14.5 Å². The molecule has 0 radical (unpaired) electrons. The standard InChI is InChI=1S/C44H60ClN5O8/c1-7-28-23-44(28,41(53)54)48-39(51)33-22-31(24-50(33)40(52)38(43(4,5)6)47-42(55)58-30-19-26-18-27(26)20-30)57-35-21-29(17-25(2)3)46-37-32(35)11-12-34(36(37)45)56-16-15-49-13-9-8-10-14-49/h11-12,17,21,26-28,30-31,33,38H,7-10,13-16,18-20,22-24H2,1-6H3,(H,47,55)(H,48,51)(H,53,54)/t26-,27+,28-,30+,31-,33+,38-,44-/m1/s1. The van der Waals surface area contributed by atoms with Crippen LogP contribution in [0.2, 0.25) is 5.02 Å². The van der Waals surface area contributed by atoms with E-state index in [1.165, 1.54) is 30.6 Å². The van der Waals surface area contributed by atoms with Crippen molar-refractivity contribution in [1.29, 1.82) is 0 Å². The van der Waals surface area contributed by atoms with Crippen LogP contribution in [0.15, 0.2) is 23.8 Å². The second kappa shape index (κ2) is 16.9. The fraction of sp³-hybridized carbons (Fsp3) is 0.659. The van der Waals surface area contributed by atoms with E-state index in [0.717, 1.165) is 38.0 Å². The zero-order chi connectivity index (χ0) is 41.5. The highest BCUT2D eigenvalue weighted by Crippen LogP contribution is 2.52. The zero-order valence-corrected chi connectivity index (χ0v) is 35.5. The Hall–Kier alpha value is -4.10. The molecule has 3 saturated carbocycles. The van der Waals surface area contributed by atoms with Crippen LogP contribution in [0, 0.1) is 23.2 Å². The van der Waals surface area contributed by atoms with Gasteiger partial charge in [-0.1, -0.05) is 57.7 Å². The van der Waals surface area contributed by atoms with Crippen molar-refractivity contribution in [1.82, 2.24) is 25.4 Å². The lowest BCUT2D eigenvalue weighted by atomic mass is 9.85. The van der Waals surface area contributed by atoms with Crippen LogP contribution < -0.4 is 20.1 Å². The molecule has 2 aliphatic heterocycles. The number of hydrogen-bond acceptors (Lipinski definition) is 9. The SMILES string of the molecule is CC[C@@H]1C[C@]1(NC(=O)[C@@H]1C[C@@H](Oc2cc(C=C(C)C)nc3c(Cl)c(OCCN4CCCCC4)ccc23)CN1C(=O)[C@@H](NC(=O)O[C@@H]1C[C@@H]2C[C@@H]2C1)C(C)(C)C)C(=O)O. The summed E-state index contributed by atoms with van der Waals surface area (Å²) in [6.07, 6.45) is 7.89. The van der Waals surface area contributed by atoms with Crippen molar-refractivity contribution >= 4 is 52.5 Å². The number of ether oxygens (including phenoxy) is 3. The molecule has 5 aliphatic rings. The molecule has 1 aromatic carbocycles. The second-order valence-corrected chi connectivity index (χ2v) is 18.9. The minimum Gasteiger partial charge on any atom is -0.491 e. The van der Waals surface area contributed by atoms with E-state index in [1.807, 2.05) is 65.8 Å². The molecule has 5 fully saturated rings. The van der Waals surface area contributed by atoms with Crippen LogP contribution in [0.1, 0.15) is 105 Å². The van der Waals surface area contributed by atoms with Gasteiger partial charge in [-0.25, -0.2) is 14.6 Å². The van der Waals surface area contributed by atoms with Crippen LogP contribution in [-0.4, -0.2) is 106 Å². The molecule has 3 N–H and O–H groups in total. The van der Waals surface area contributed by atoms with E-state index in [2.05, 4.69) is 15.5 Å². The number of allylic oxidation sites excluding steroid dienone is 1. The Bertz CT molecular complexity index is 1930. The molecule has 8 atom stereocenters. The van der Waals surface area contributed by atoms with Crippen molar-refractivity contribution in [3.63, 3.8) is 0 Å². The van der Waals surface area contributed by atoms with E-state index in [0.29, 0.717) is 64.4 Å². The lowest BCUT2D eigenvalue weighted by Gasteiger charge is -2.35. The molecule has 316 valence electrons. The number of carbonyl (C=O) groups excluding carboxylic acids is 3. The van der Waals surface area contributed by atoms with E-state index in [4.69, 9.17) is 30.8 Å². The first kappa shape index (κ1) is 42.0. The van der Waals surface area contributed by atoms with E-state index in [-0.39, 0.29) is 25.0 Å². The molecule has 0 spiro atoms. The van der Waals surface area contributed by atoms with Gasteiger partial charge in [0.15, 0.2) is 0 Å². The summed E-state index contributed by atoms with van der Waals surface area (Å²) >= 11 is 7.01. The molecular weight excluding hydrogens is 762 g/mol. The summed E-state index contributed by atoms with van der Waals surface area (Å²) in [5.41, 5.74) is -0.0186. The fourth-order valence-corrected chi connectivity index (χ4v) is 9.56. The van der Waals surface area contributed by atoms with Gasteiger partial charge >= 0.3 is 12.1 Å². The summed E-state index contributed by atoms with van der Waals surface area (Å²) in [4.78, 5) is 63.3. The van der Waals surface area contributed by atoms with Gasteiger partial charge in [0.25, 0.3) is 0 Å². The Morgan fingerprint density at radius 1 is 1.03 bits per heavy atom. The molecule has 3 amide bonds. The molecule has 13 nitrogen and oxygen atoms in total. The number of nitrogens with one attached hydrogen (secondary N) is 2. The topological polar surface area (TPSA) is 160 Å². The van der Waals surface area contributed by atoms with Crippen molar-refractivity contribution < 1.29 is 38.5 Å². The summed E-state index contributed by atoms with van der Waals surface area (Å²) in [6, 6.07) is 3.39. The number of halogens is 1. The van der Waals surface area contributed by atoms with Crippen molar-refractivity contribution in [3.05, 3.63) is 34.5 Å². The zero-order valence-electron chi connectivity index (χ0n) is 34.8. The number of carbonyl (C=O) groups is 4. The van der Waals surface area contributed by atoms with E-state index in [1.54, 1.807) is 0 Å². The van der Waals surface area contributed by atoms with Gasteiger partial charge in [-0.15, -0.1) is 0 Å². The van der Waals surface area contributed by atoms with Gasteiger partial charge < -0.3 is 34.9 Å². The number of aliphatic carboxylic acids is 1. The number of piperidine rings is 1. The summed E-state index contributed by atoms with van der Waals surface area (Å²) in [5.74, 6) is -0.141. The van der Waals surface area contributed by atoms with Crippen molar-refractivity contribution in [2.75, 3.05) is 32.8 Å². The number of carboxylic acids is 1. The number of benzene rings is 1. The summed E-state index contributed by atoms with van der Waals surface area (Å²) < 4.78 is 18.7. The van der Waals surface area contributed by atoms with E-state index in [9.17, 15) is 24.3 Å². The lowest BCUT2D eigenvalue weighted by Crippen LogP contribution is -2.59. The second-order valence-electron chi connectivity index (χ2n) is 18.5. The Kier molecular flexibility index (Phi) is 12.2. The van der Waals surface area contributed by atoms with Gasteiger partial charge in [0.2, 0.25) is 11.8 Å². The predicted octanol–water partition coefficient (Wildman–Crippen LogP) is 6.83. The van der Waals surface area contributed by atoms with Crippen LogP contribution in [0.4, 0.5) is 4.79 Å². The van der Waals surface area contributed by atoms with Crippen LogP contribution in [-0.2, 0) is 19.1 Å². The first-order valence-electron chi connectivity index (χ1n) is 21.2. The van der Waals surface area contributed by atoms with E-state index < -0.39 is 53.0 Å². The third kappa shape index (κ3) is 9.20. The van der Waals surface area contributed by atoms with Crippen molar-refractivity contribution in [2.24, 2.45) is 23.2 Å². The van der Waals surface area contributed by atoms with Gasteiger partial charge in [-0.05, 0) is 107 Å². The molecule has 0 bridgehead atoms. The maximum Gasteiger partial charge on any atom is 0.408 e. The van der Waals surface area contributed by atoms with Gasteiger partial charge in [0.1, 0.15) is 53.0 Å². The smallest absolute Gasteiger partial charge is 0.408 e. The minimum absolute atomic E-state index is 0.0106. The van der Waals surface area contributed by atoms with Crippen LogP contribution in [0.25, 0.3) is 17.0 Å². The molecule has 0 unspecified atom stereocenters. The highest BCUT2D eigenvalue weighted by Gasteiger charge is 2.61. The number of fused-ring (bicyclic) bond motifs is 2. The quantitative estimate of drug-likeness (QED) is 0.184. The average molecular weight is 822 g/mol. The number of rotatable bonds is 14. The Morgan fingerprint density at radius 3 is 2.40 bits per heavy atom. The van der Waals surface area contributed by atoms with E-state index >= 15 is 0 Å². The van der Waals surface area contributed by atoms with Crippen molar-refractivity contribution in [3.8, 4) is 11.5 Å². The predicted molar refractivity (Wildman–Crippen MR) is 221 cm³/mol. The molecule has 2 aromatic rings. The third-order valence-corrected chi connectivity index (χ3v) is 13.1. The van der Waals surface area contributed by atoms with Crippen LogP contribution in [0.5, 0.6) is 11.5 Å². The molecule has 3 heterocycles. The summed E-state index contributed by atoms with van der Waals surface area (Å²) in [6.45, 7) is 14.8. The van der Waals surface area contributed by atoms with Gasteiger partial charge in [-0.2, -0.15) is 0 Å². The Labute approximate surface area is 346 Å². The highest BCUT2D eigenvalue weighted by atomic mass is 35.5. The van der Waals surface area contributed by atoms with Crippen molar-refractivity contribution in [2.45, 2.75) is 129 Å². The number of hydrogen-bond donors (Lipinski definition) is 3. The van der Waals surface area contributed by atoms with Crippen LogP contribution in [0.3, 0.4) is 0 Å².